The van der Waals surface area contributed by atoms with Gasteiger partial charge in [-0.05, 0) is 38.0 Å². The lowest BCUT2D eigenvalue weighted by Gasteiger charge is -2.20. The summed E-state index contributed by atoms with van der Waals surface area (Å²) in [5.74, 6) is 1.28. The number of hydrogen-bond acceptors (Lipinski definition) is 1. The molecule has 12 heavy (non-hydrogen) atoms. The minimum Gasteiger partial charge on any atom is -0.393 e. The number of allylic oxidation sites excluding steroid dienone is 1. The lowest BCUT2D eigenvalue weighted by atomic mass is 9.87. The number of rotatable bonds is 0. The number of aliphatic hydroxyl groups excluding tert-OH is 1. The molecule has 0 aromatic rings. The van der Waals surface area contributed by atoms with Crippen LogP contribution in [0.1, 0.15) is 38.5 Å². The normalized spacial score (nSPS) is 44.6. The summed E-state index contributed by atoms with van der Waals surface area (Å²) in [6.45, 7) is 0. The van der Waals surface area contributed by atoms with Gasteiger partial charge < -0.3 is 5.11 Å². The smallest absolute Gasteiger partial charge is 0.0605 e. The summed E-state index contributed by atoms with van der Waals surface area (Å²) < 4.78 is 0. The molecule has 0 heterocycles. The summed E-state index contributed by atoms with van der Waals surface area (Å²) in [7, 11) is 0. The molecule has 0 bridgehead atoms. The third-order valence-electron chi connectivity index (χ3n) is 3.38. The highest BCUT2D eigenvalue weighted by molar-refractivity contribution is 5.00. The highest BCUT2D eigenvalue weighted by Gasteiger charge is 2.32. The first-order valence-corrected chi connectivity index (χ1v) is 5.22. The molecule has 0 unspecified atom stereocenters. The Morgan fingerprint density at radius 1 is 1.08 bits per heavy atom. The van der Waals surface area contributed by atoms with Crippen molar-refractivity contribution >= 4 is 0 Å². The van der Waals surface area contributed by atoms with Crippen LogP contribution in [0.3, 0.4) is 0 Å². The molecule has 3 atom stereocenters. The van der Waals surface area contributed by atoms with Gasteiger partial charge in [0.1, 0.15) is 0 Å². The largest absolute Gasteiger partial charge is 0.393 e. The topological polar surface area (TPSA) is 20.2 Å². The molecule has 0 aromatic heterocycles. The van der Waals surface area contributed by atoms with Crippen molar-refractivity contribution in [2.24, 2.45) is 11.8 Å². The van der Waals surface area contributed by atoms with Gasteiger partial charge in [-0.3, -0.25) is 0 Å². The molecule has 1 saturated carbocycles. The summed E-state index contributed by atoms with van der Waals surface area (Å²) in [5.41, 5.74) is 0. The molecular formula is C11H18O. The summed E-state index contributed by atoms with van der Waals surface area (Å²) in [6, 6.07) is 0. The van der Waals surface area contributed by atoms with E-state index in [0.29, 0.717) is 5.92 Å². The Morgan fingerprint density at radius 3 is 2.92 bits per heavy atom. The van der Waals surface area contributed by atoms with Crippen molar-refractivity contribution in [1.29, 1.82) is 0 Å². The molecule has 2 aliphatic rings. The molecule has 0 aliphatic heterocycles. The Balaban J connectivity index is 2.07. The van der Waals surface area contributed by atoms with Crippen LogP contribution in [-0.2, 0) is 0 Å². The Morgan fingerprint density at radius 2 is 2.00 bits per heavy atom. The van der Waals surface area contributed by atoms with E-state index in [1.807, 2.05) is 0 Å². The van der Waals surface area contributed by atoms with Gasteiger partial charge in [-0.1, -0.05) is 18.6 Å². The van der Waals surface area contributed by atoms with Crippen LogP contribution in [0.5, 0.6) is 0 Å². The molecule has 1 N–H and O–H groups in total. The van der Waals surface area contributed by atoms with Crippen LogP contribution in [0.4, 0.5) is 0 Å². The molecule has 0 spiro atoms. The fraction of sp³-hybridized carbons (Fsp3) is 0.818. The first-order chi connectivity index (χ1) is 5.88. The average Bonchev–Trinajstić information content (AvgIpc) is 2.31. The van der Waals surface area contributed by atoms with Gasteiger partial charge in [0, 0.05) is 5.92 Å². The Hall–Kier alpha value is -0.300. The SMILES string of the molecule is O[C@H]1CC[C@H]2CCCC/C=C\[C@@H]21. The Labute approximate surface area is 74.5 Å². The van der Waals surface area contributed by atoms with E-state index in [1.54, 1.807) is 0 Å². The zero-order valence-electron chi connectivity index (χ0n) is 7.58. The van der Waals surface area contributed by atoms with Crippen LogP contribution in [0, 0.1) is 11.8 Å². The first kappa shape index (κ1) is 8.31. The summed E-state index contributed by atoms with van der Waals surface area (Å²) in [5, 5.41) is 9.69. The van der Waals surface area contributed by atoms with Gasteiger partial charge in [-0.15, -0.1) is 0 Å². The van der Waals surface area contributed by atoms with Crippen molar-refractivity contribution in [2.45, 2.75) is 44.6 Å². The van der Waals surface area contributed by atoms with E-state index >= 15 is 0 Å². The van der Waals surface area contributed by atoms with Gasteiger partial charge >= 0.3 is 0 Å². The average molecular weight is 166 g/mol. The maximum atomic E-state index is 9.69. The molecule has 2 rings (SSSR count). The molecule has 1 heteroatoms. The van der Waals surface area contributed by atoms with Gasteiger partial charge in [0.2, 0.25) is 0 Å². The van der Waals surface area contributed by atoms with Crippen molar-refractivity contribution in [3.05, 3.63) is 12.2 Å². The van der Waals surface area contributed by atoms with E-state index in [9.17, 15) is 5.11 Å². The van der Waals surface area contributed by atoms with Crippen molar-refractivity contribution in [1.82, 2.24) is 0 Å². The fourth-order valence-electron chi connectivity index (χ4n) is 2.63. The van der Waals surface area contributed by atoms with Crippen LogP contribution in [-0.4, -0.2) is 11.2 Å². The molecule has 0 saturated heterocycles. The molecule has 68 valence electrons. The van der Waals surface area contributed by atoms with Crippen molar-refractivity contribution in [3.63, 3.8) is 0 Å². The van der Waals surface area contributed by atoms with Crippen molar-refractivity contribution in [3.8, 4) is 0 Å². The van der Waals surface area contributed by atoms with E-state index in [2.05, 4.69) is 12.2 Å². The van der Waals surface area contributed by atoms with Crippen LogP contribution >= 0.6 is 0 Å². The summed E-state index contributed by atoms with van der Waals surface area (Å²) in [4.78, 5) is 0. The second kappa shape index (κ2) is 3.61. The van der Waals surface area contributed by atoms with Crippen LogP contribution in [0.15, 0.2) is 12.2 Å². The molecule has 0 amide bonds. The molecule has 1 nitrogen and oxygen atoms in total. The monoisotopic (exact) mass is 166 g/mol. The maximum absolute atomic E-state index is 9.69. The number of hydrogen-bond donors (Lipinski definition) is 1. The van der Waals surface area contributed by atoms with Crippen molar-refractivity contribution < 1.29 is 5.11 Å². The second-order valence-corrected chi connectivity index (χ2v) is 4.19. The molecule has 0 aromatic carbocycles. The third-order valence-corrected chi connectivity index (χ3v) is 3.38. The zero-order chi connectivity index (χ0) is 8.39. The van der Waals surface area contributed by atoms with Gasteiger partial charge in [-0.25, -0.2) is 0 Å². The highest BCUT2D eigenvalue weighted by atomic mass is 16.3. The lowest BCUT2D eigenvalue weighted by molar-refractivity contribution is 0.139. The molecule has 1 fully saturated rings. The van der Waals surface area contributed by atoms with Gasteiger partial charge in [-0.2, -0.15) is 0 Å². The fourth-order valence-corrected chi connectivity index (χ4v) is 2.63. The quantitative estimate of drug-likeness (QED) is 0.548. The van der Waals surface area contributed by atoms with E-state index in [1.165, 1.54) is 32.1 Å². The highest BCUT2D eigenvalue weighted by Crippen LogP contribution is 2.37. The summed E-state index contributed by atoms with van der Waals surface area (Å²) >= 11 is 0. The van der Waals surface area contributed by atoms with Crippen LogP contribution in [0.2, 0.25) is 0 Å². The van der Waals surface area contributed by atoms with E-state index in [4.69, 9.17) is 0 Å². The first-order valence-electron chi connectivity index (χ1n) is 5.22. The van der Waals surface area contributed by atoms with E-state index in [0.717, 1.165) is 12.3 Å². The molecule has 0 radical (unpaired) electrons. The third kappa shape index (κ3) is 1.56. The Bertz CT molecular complexity index is 174. The maximum Gasteiger partial charge on any atom is 0.0605 e. The van der Waals surface area contributed by atoms with E-state index in [-0.39, 0.29) is 6.10 Å². The van der Waals surface area contributed by atoms with Gasteiger partial charge in [0.25, 0.3) is 0 Å². The van der Waals surface area contributed by atoms with Crippen LogP contribution < -0.4 is 0 Å². The van der Waals surface area contributed by atoms with Crippen LogP contribution in [0.25, 0.3) is 0 Å². The lowest BCUT2D eigenvalue weighted by Crippen LogP contribution is -2.17. The summed E-state index contributed by atoms with van der Waals surface area (Å²) in [6.07, 6.45) is 12.0. The van der Waals surface area contributed by atoms with E-state index < -0.39 is 0 Å². The number of fused-ring (bicyclic) bond motifs is 1. The second-order valence-electron chi connectivity index (χ2n) is 4.19. The predicted octanol–water partition coefficient (Wildman–Crippen LogP) is 2.50. The van der Waals surface area contributed by atoms with Gasteiger partial charge in [0.05, 0.1) is 6.10 Å². The molecular weight excluding hydrogens is 148 g/mol. The minimum absolute atomic E-state index is 0.0376. The Kier molecular flexibility index (Phi) is 2.50. The zero-order valence-corrected chi connectivity index (χ0v) is 7.58. The number of aliphatic hydroxyl groups is 1. The molecule has 2 aliphatic carbocycles. The van der Waals surface area contributed by atoms with Gasteiger partial charge in [0.15, 0.2) is 0 Å². The minimum atomic E-state index is -0.0376. The van der Waals surface area contributed by atoms with Crippen molar-refractivity contribution in [2.75, 3.05) is 0 Å². The predicted molar refractivity (Wildman–Crippen MR) is 49.8 cm³/mol. The standard InChI is InChI=1S/C11H18O/c12-11-8-7-9-5-3-1-2-4-6-10(9)11/h4,6,9-12H,1-3,5,7-8H2/b6-4-/t9-,10+,11+/m1/s1.